The molecule has 0 aromatic heterocycles. The van der Waals surface area contributed by atoms with Crippen molar-refractivity contribution < 1.29 is 9.47 Å². The molecule has 1 N–H and O–H groups in total. The van der Waals surface area contributed by atoms with Crippen molar-refractivity contribution >= 4 is 11.8 Å². The molecule has 1 aromatic carbocycles. The van der Waals surface area contributed by atoms with Crippen LogP contribution in [0, 0.1) is 0 Å². The van der Waals surface area contributed by atoms with E-state index in [1.54, 1.807) is 7.11 Å². The number of methoxy groups -OCH3 is 1. The van der Waals surface area contributed by atoms with Crippen molar-refractivity contribution in [3.8, 4) is 11.5 Å². The maximum absolute atomic E-state index is 5.91. The quantitative estimate of drug-likeness (QED) is 0.921. The average molecular weight is 279 g/mol. The number of rotatable bonds is 3. The number of ether oxygens (including phenoxy) is 2. The Labute approximate surface area is 119 Å². The molecule has 2 heterocycles. The Balaban J connectivity index is 1.65. The van der Waals surface area contributed by atoms with Gasteiger partial charge in [0, 0.05) is 12.1 Å². The summed E-state index contributed by atoms with van der Waals surface area (Å²) in [4.78, 5) is 0. The SMILES string of the molecule is COc1cccc2c1OCC(NC1CCSCC1)C2. The van der Waals surface area contributed by atoms with E-state index in [2.05, 4.69) is 23.1 Å². The molecule has 3 nitrogen and oxygen atoms in total. The second kappa shape index (κ2) is 6.06. The first-order chi connectivity index (χ1) is 9.36. The van der Waals surface area contributed by atoms with E-state index < -0.39 is 0 Å². The highest BCUT2D eigenvalue weighted by Gasteiger charge is 2.25. The van der Waals surface area contributed by atoms with Crippen molar-refractivity contribution in [1.82, 2.24) is 5.32 Å². The second-order valence-electron chi connectivity index (χ2n) is 5.21. The Morgan fingerprint density at radius 2 is 2.11 bits per heavy atom. The number of para-hydroxylation sites is 1. The molecule has 1 saturated heterocycles. The number of benzene rings is 1. The predicted molar refractivity (Wildman–Crippen MR) is 79.5 cm³/mol. The van der Waals surface area contributed by atoms with Gasteiger partial charge in [-0.25, -0.2) is 0 Å². The normalized spacial score (nSPS) is 23.5. The van der Waals surface area contributed by atoms with Crippen molar-refractivity contribution in [2.75, 3.05) is 25.2 Å². The zero-order chi connectivity index (χ0) is 13.1. The van der Waals surface area contributed by atoms with Crippen molar-refractivity contribution in [2.24, 2.45) is 0 Å². The van der Waals surface area contributed by atoms with E-state index in [9.17, 15) is 0 Å². The maximum atomic E-state index is 5.91. The van der Waals surface area contributed by atoms with Crippen molar-refractivity contribution in [3.05, 3.63) is 23.8 Å². The summed E-state index contributed by atoms with van der Waals surface area (Å²) in [6.45, 7) is 0.747. The van der Waals surface area contributed by atoms with Crippen LogP contribution in [0.1, 0.15) is 18.4 Å². The zero-order valence-corrected chi connectivity index (χ0v) is 12.2. The average Bonchev–Trinajstić information content (AvgIpc) is 2.47. The first-order valence-electron chi connectivity index (χ1n) is 6.99. The summed E-state index contributed by atoms with van der Waals surface area (Å²) < 4.78 is 11.3. The molecule has 1 aromatic rings. The Kier molecular flexibility index (Phi) is 4.18. The van der Waals surface area contributed by atoms with E-state index in [4.69, 9.17) is 9.47 Å². The van der Waals surface area contributed by atoms with Crippen LogP contribution in [0.2, 0.25) is 0 Å². The topological polar surface area (TPSA) is 30.5 Å². The summed E-state index contributed by atoms with van der Waals surface area (Å²) >= 11 is 2.07. The first-order valence-corrected chi connectivity index (χ1v) is 8.15. The molecule has 1 unspecified atom stereocenters. The van der Waals surface area contributed by atoms with Gasteiger partial charge in [-0.2, -0.15) is 11.8 Å². The fourth-order valence-electron chi connectivity index (χ4n) is 2.86. The molecule has 19 heavy (non-hydrogen) atoms. The minimum absolute atomic E-state index is 0.438. The monoisotopic (exact) mass is 279 g/mol. The van der Waals surface area contributed by atoms with Gasteiger partial charge in [0.25, 0.3) is 0 Å². The Hall–Kier alpha value is -0.870. The number of nitrogens with one attached hydrogen (secondary N) is 1. The minimum atomic E-state index is 0.438. The Morgan fingerprint density at radius 1 is 1.26 bits per heavy atom. The molecule has 0 amide bonds. The Bertz CT molecular complexity index is 432. The lowest BCUT2D eigenvalue weighted by Gasteiger charge is -2.32. The van der Waals surface area contributed by atoms with E-state index in [-0.39, 0.29) is 0 Å². The Morgan fingerprint density at radius 3 is 2.89 bits per heavy atom. The molecule has 1 atom stereocenters. The van der Waals surface area contributed by atoms with Crippen LogP contribution in [0.15, 0.2) is 18.2 Å². The molecule has 0 aliphatic carbocycles. The van der Waals surface area contributed by atoms with Gasteiger partial charge < -0.3 is 14.8 Å². The van der Waals surface area contributed by atoms with Gasteiger partial charge in [0.2, 0.25) is 0 Å². The van der Waals surface area contributed by atoms with Crippen molar-refractivity contribution in [3.63, 3.8) is 0 Å². The van der Waals surface area contributed by atoms with Gasteiger partial charge in [-0.05, 0) is 42.4 Å². The lowest BCUT2D eigenvalue weighted by molar-refractivity contribution is 0.215. The molecule has 3 rings (SSSR count). The van der Waals surface area contributed by atoms with Crippen LogP contribution < -0.4 is 14.8 Å². The lowest BCUT2D eigenvalue weighted by Crippen LogP contribution is -2.46. The second-order valence-corrected chi connectivity index (χ2v) is 6.44. The van der Waals surface area contributed by atoms with Crippen LogP contribution in [0.5, 0.6) is 11.5 Å². The smallest absolute Gasteiger partial charge is 0.164 e. The fourth-order valence-corrected chi connectivity index (χ4v) is 3.97. The summed E-state index contributed by atoms with van der Waals surface area (Å²) in [5.41, 5.74) is 1.26. The summed E-state index contributed by atoms with van der Waals surface area (Å²) in [6, 6.07) is 7.25. The molecule has 0 saturated carbocycles. The van der Waals surface area contributed by atoms with Crippen LogP contribution in [-0.2, 0) is 6.42 Å². The van der Waals surface area contributed by atoms with Gasteiger partial charge in [0.1, 0.15) is 6.61 Å². The molecular formula is C15H21NO2S. The van der Waals surface area contributed by atoms with Crippen molar-refractivity contribution in [1.29, 1.82) is 0 Å². The number of fused-ring (bicyclic) bond motifs is 1. The van der Waals surface area contributed by atoms with Crippen LogP contribution in [0.4, 0.5) is 0 Å². The highest BCUT2D eigenvalue weighted by molar-refractivity contribution is 7.99. The zero-order valence-electron chi connectivity index (χ0n) is 11.4. The van der Waals surface area contributed by atoms with Crippen LogP contribution >= 0.6 is 11.8 Å². The largest absolute Gasteiger partial charge is 0.493 e. The van der Waals surface area contributed by atoms with Crippen molar-refractivity contribution in [2.45, 2.75) is 31.3 Å². The van der Waals surface area contributed by atoms with Gasteiger partial charge >= 0.3 is 0 Å². The molecule has 2 aliphatic rings. The summed E-state index contributed by atoms with van der Waals surface area (Å²) in [7, 11) is 1.70. The molecule has 0 radical (unpaired) electrons. The predicted octanol–water partition coefficient (Wildman–Crippen LogP) is 2.48. The van der Waals surface area contributed by atoms with E-state index >= 15 is 0 Å². The van der Waals surface area contributed by atoms with Crippen LogP contribution in [-0.4, -0.2) is 37.3 Å². The molecule has 104 valence electrons. The van der Waals surface area contributed by atoms with Gasteiger partial charge in [0.15, 0.2) is 11.5 Å². The molecule has 0 spiro atoms. The summed E-state index contributed by atoms with van der Waals surface area (Å²) in [5, 5.41) is 3.76. The number of hydrogen-bond donors (Lipinski definition) is 1. The van der Waals surface area contributed by atoms with Crippen LogP contribution in [0.25, 0.3) is 0 Å². The van der Waals surface area contributed by atoms with Gasteiger partial charge in [-0.15, -0.1) is 0 Å². The molecule has 0 bridgehead atoms. The third kappa shape index (κ3) is 3.00. The van der Waals surface area contributed by atoms with E-state index in [0.29, 0.717) is 12.1 Å². The molecule has 2 aliphatic heterocycles. The third-order valence-corrected chi connectivity index (χ3v) is 4.92. The number of thioether (sulfide) groups is 1. The van der Waals surface area contributed by atoms with E-state index in [0.717, 1.165) is 24.5 Å². The standard InChI is InChI=1S/C15H21NO2S/c1-17-14-4-2-3-11-9-13(10-18-15(11)14)16-12-5-7-19-8-6-12/h2-4,12-13,16H,5-10H2,1H3. The highest BCUT2D eigenvalue weighted by atomic mass is 32.2. The third-order valence-electron chi connectivity index (χ3n) is 3.87. The fraction of sp³-hybridized carbons (Fsp3) is 0.600. The minimum Gasteiger partial charge on any atom is -0.493 e. The molecule has 4 heteroatoms. The van der Waals surface area contributed by atoms with Gasteiger partial charge in [-0.1, -0.05) is 12.1 Å². The van der Waals surface area contributed by atoms with Crippen LogP contribution in [0.3, 0.4) is 0 Å². The summed E-state index contributed by atoms with van der Waals surface area (Å²) in [6.07, 6.45) is 3.61. The number of hydrogen-bond acceptors (Lipinski definition) is 4. The lowest BCUT2D eigenvalue weighted by atomic mass is 10.0. The highest BCUT2D eigenvalue weighted by Crippen LogP contribution is 2.34. The molecular weight excluding hydrogens is 258 g/mol. The van der Waals surface area contributed by atoms with E-state index in [1.165, 1.54) is 29.9 Å². The van der Waals surface area contributed by atoms with Gasteiger partial charge in [0.05, 0.1) is 7.11 Å². The summed E-state index contributed by atoms with van der Waals surface area (Å²) in [5.74, 6) is 4.36. The van der Waals surface area contributed by atoms with Gasteiger partial charge in [-0.3, -0.25) is 0 Å². The first kappa shape index (κ1) is 13.1. The molecule has 1 fully saturated rings. The van der Waals surface area contributed by atoms with E-state index in [1.807, 2.05) is 12.1 Å². The maximum Gasteiger partial charge on any atom is 0.164 e.